The highest BCUT2D eigenvalue weighted by molar-refractivity contribution is 5.94. The van der Waals surface area contributed by atoms with Gasteiger partial charge in [-0.3, -0.25) is 9.59 Å². The Kier molecular flexibility index (Phi) is 10.8. The van der Waals surface area contributed by atoms with E-state index in [1.165, 1.54) is 24.0 Å². The van der Waals surface area contributed by atoms with Crippen molar-refractivity contribution in [1.29, 1.82) is 5.26 Å². The predicted octanol–water partition coefficient (Wildman–Crippen LogP) is 4.39. The molecule has 0 bridgehead atoms. The van der Waals surface area contributed by atoms with Gasteiger partial charge in [-0.1, -0.05) is 30.7 Å². The number of aromatic amines is 1. The van der Waals surface area contributed by atoms with Crippen LogP contribution in [-0.2, 0) is 16.6 Å². The van der Waals surface area contributed by atoms with E-state index in [4.69, 9.17) is 10.2 Å². The van der Waals surface area contributed by atoms with Gasteiger partial charge < -0.3 is 20.9 Å². The first-order valence-electron chi connectivity index (χ1n) is 18.4. The number of hydrogen-bond acceptors (Lipinski definition) is 8. The van der Waals surface area contributed by atoms with E-state index in [-0.39, 0.29) is 36.4 Å². The van der Waals surface area contributed by atoms with Crippen molar-refractivity contribution < 1.29 is 9.59 Å². The third kappa shape index (κ3) is 6.73. The van der Waals surface area contributed by atoms with Gasteiger partial charge in [-0.2, -0.15) is 10.5 Å². The quantitative estimate of drug-likeness (QED) is 0.263. The van der Waals surface area contributed by atoms with E-state index in [0.29, 0.717) is 42.2 Å². The van der Waals surface area contributed by atoms with E-state index in [9.17, 15) is 14.9 Å². The first-order valence-corrected chi connectivity index (χ1v) is 18.4. The summed E-state index contributed by atoms with van der Waals surface area (Å²) >= 11 is 0. The molecule has 3 fully saturated rings. The van der Waals surface area contributed by atoms with Crippen LogP contribution in [0.15, 0.2) is 30.5 Å². The van der Waals surface area contributed by atoms with Crippen molar-refractivity contribution in [2.24, 2.45) is 23.7 Å². The number of allylic oxidation sites excluding steroid dienone is 1. The van der Waals surface area contributed by atoms with Crippen LogP contribution in [0.3, 0.4) is 0 Å². The van der Waals surface area contributed by atoms with Crippen molar-refractivity contribution in [2.45, 2.75) is 108 Å². The molecule has 6 rings (SSSR count). The van der Waals surface area contributed by atoms with Crippen molar-refractivity contribution >= 4 is 11.8 Å². The second-order valence-electron chi connectivity index (χ2n) is 14.5. The molecule has 1 saturated heterocycles. The Bertz CT molecular complexity index is 1480. The molecule has 1 aromatic heterocycles. The highest BCUT2D eigenvalue weighted by atomic mass is 16.2. The van der Waals surface area contributed by atoms with Crippen LogP contribution in [0.4, 0.5) is 0 Å². The van der Waals surface area contributed by atoms with Gasteiger partial charge in [0.15, 0.2) is 5.82 Å². The SMILES string of the molecule is C=C(NCC)C1CCC2C(CCc3cc(C(=O)NCC)ccc3C2(C[C@H](NCC(=O)N2CCCC2C#N)C2CCCC2)c2nn[nH]n2)C1. The van der Waals surface area contributed by atoms with Gasteiger partial charge in [0.25, 0.3) is 5.91 Å². The van der Waals surface area contributed by atoms with E-state index >= 15 is 0 Å². The maximum atomic E-state index is 13.5. The van der Waals surface area contributed by atoms with E-state index in [0.717, 1.165) is 76.5 Å². The molecule has 48 heavy (non-hydrogen) atoms. The number of aryl methyl sites for hydroxylation is 1. The van der Waals surface area contributed by atoms with Crippen LogP contribution in [0.5, 0.6) is 0 Å². The number of likely N-dealkylation sites (tertiary alicyclic amines) is 1. The monoisotopic (exact) mass is 655 g/mol. The Morgan fingerprint density at radius 3 is 2.65 bits per heavy atom. The normalized spacial score (nSPS) is 27.7. The summed E-state index contributed by atoms with van der Waals surface area (Å²) in [5, 5.41) is 36.4. The third-order valence-electron chi connectivity index (χ3n) is 12.0. The lowest BCUT2D eigenvalue weighted by molar-refractivity contribution is -0.130. The number of H-pyrrole nitrogens is 1. The van der Waals surface area contributed by atoms with E-state index in [2.05, 4.69) is 58.1 Å². The number of rotatable bonds is 12. The van der Waals surface area contributed by atoms with Crippen molar-refractivity contribution in [3.05, 3.63) is 53.0 Å². The Hall–Kier alpha value is -3.78. The number of fused-ring (bicyclic) bond motifs is 2. The van der Waals surface area contributed by atoms with Crippen LogP contribution >= 0.6 is 0 Å². The fourth-order valence-corrected chi connectivity index (χ4v) is 9.72. The number of tetrazole rings is 1. The van der Waals surface area contributed by atoms with Gasteiger partial charge in [-0.15, -0.1) is 10.2 Å². The Balaban J connectivity index is 1.42. The van der Waals surface area contributed by atoms with Gasteiger partial charge in [-0.25, -0.2) is 0 Å². The molecule has 6 atom stereocenters. The highest BCUT2D eigenvalue weighted by Crippen LogP contribution is 2.56. The van der Waals surface area contributed by atoms with E-state index in [1.54, 1.807) is 4.90 Å². The molecule has 258 valence electrons. The number of aromatic nitrogens is 4. The third-order valence-corrected chi connectivity index (χ3v) is 12.0. The van der Waals surface area contributed by atoms with Gasteiger partial charge in [0, 0.05) is 36.9 Å². The molecule has 1 aromatic carbocycles. The van der Waals surface area contributed by atoms with Crippen LogP contribution in [0, 0.1) is 35.0 Å². The van der Waals surface area contributed by atoms with Gasteiger partial charge >= 0.3 is 0 Å². The second-order valence-corrected chi connectivity index (χ2v) is 14.5. The number of carbonyl (C=O) groups is 2. The molecule has 3 aliphatic carbocycles. The lowest BCUT2D eigenvalue weighted by Gasteiger charge is -2.48. The molecule has 11 nitrogen and oxygen atoms in total. The molecule has 4 aliphatic rings. The fraction of sp³-hybridized carbons (Fsp3) is 0.676. The Morgan fingerprint density at radius 2 is 1.92 bits per heavy atom. The highest BCUT2D eigenvalue weighted by Gasteiger charge is 2.54. The summed E-state index contributed by atoms with van der Waals surface area (Å²) in [6.07, 6.45) is 11.9. The predicted molar refractivity (Wildman–Crippen MR) is 184 cm³/mol. The summed E-state index contributed by atoms with van der Waals surface area (Å²) in [5.41, 5.74) is 3.60. The largest absolute Gasteiger partial charge is 0.389 e. The second kappa shape index (κ2) is 15.2. The summed E-state index contributed by atoms with van der Waals surface area (Å²) in [5.74, 6) is 2.10. The topological polar surface area (TPSA) is 152 Å². The summed E-state index contributed by atoms with van der Waals surface area (Å²) in [6.45, 7) is 10.8. The van der Waals surface area contributed by atoms with Crippen molar-refractivity contribution in [3.8, 4) is 6.07 Å². The molecule has 5 unspecified atom stereocenters. The fourth-order valence-electron chi connectivity index (χ4n) is 9.72. The van der Waals surface area contributed by atoms with Crippen LogP contribution in [-0.4, -0.2) is 75.6 Å². The summed E-state index contributed by atoms with van der Waals surface area (Å²) in [4.78, 5) is 28.4. The zero-order chi connectivity index (χ0) is 33.7. The lowest BCUT2D eigenvalue weighted by atomic mass is 9.56. The number of hydrogen-bond donors (Lipinski definition) is 4. The number of nitriles is 1. The van der Waals surface area contributed by atoms with Crippen LogP contribution < -0.4 is 16.0 Å². The average molecular weight is 656 g/mol. The molecule has 0 spiro atoms. The van der Waals surface area contributed by atoms with Gasteiger partial charge in [0.05, 0.1) is 18.0 Å². The number of amides is 2. The van der Waals surface area contributed by atoms with E-state index < -0.39 is 5.41 Å². The van der Waals surface area contributed by atoms with Gasteiger partial charge in [0.1, 0.15) is 6.04 Å². The zero-order valence-corrected chi connectivity index (χ0v) is 28.8. The number of carbonyl (C=O) groups excluding carboxylic acids is 2. The Morgan fingerprint density at radius 1 is 1.10 bits per heavy atom. The molecule has 4 N–H and O–H groups in total. The van der Waals surface area contributed by atoms with Gasteiger partial charge in [0.2, 0.25) is 5.91 Å². The first-order chi connectivity index (χ1) is 23.4. The lowest BCUT2D eigenvalue weighted by Crippen LogP contribution is -2.52. The first kappa shape index (κ1) is 34.1. The van der Waals surface area contributed by atoms with Crippen LogP contribution in [0.25, 0.3) is 0 Å². The molecule has 1 aliphatic heterocycles. The minimum atomic E-state index is -0.570. The van der Waals surface area contributed by atoms with Crippen molar-refractivity contribution in [3.63, 3.8) is 0 Å². The smallest absolute Gasteiger partial charge is 0.251 e. The number of benzene rings is 1. The summed E-state index contributed by atoms with van der Waals surface area (Å²) < 4.78 is 0. The Labute approximate surface area is 285 Å². The molecule has 2 aromatic rings. The van der Waals surface area contributed by atoms with E-state index in [1.807, 2.05) is 13.0 Å². The average Bonchev–Trinajstić information content (AvgIpc) is 3.91. The summed E-state index contributed by atoms with van der Waals surface area (Å²) in [7, 11) is 0. The molecule has 11 heteroatoms. The van der Waals surface area contributed by atoms with Gasteiger partial charge in [-0.05, 0) is 125 Å². The number of nitrogens with zero attached hydrogens (tertiary/aromatic N) is 5. The van der Waals surface area contributed by atoms with Crippen molar-refractivity contribution in [2.75, 3.05) is 26.2 Å². The maximum absolute atomic E-state index is 13.5. The standard InChI is InChI=1S/C37H53N9O2/c1-4-39-24(3)26-14-16-31-27(19-26)12-13-28-20-29(35(48)40-5-2)15-17-32(28)37(31,36-42-44-45-43-36)21-33(25-9-6-7-10-25)41-23-34(47)46-18-8-11-30(46)22-38/h15,17,20,25-27,30-31,33,39,41H,3-14,16,18-19,21,23H2,1-2H3,(H,40,48)(H,42,43,44,45)/t26?,27?,30?,31?,33-,37?/m0/s1. The zero-order valence-electron chi connectivity index (χ0n) is 28.8. The molecule has 2 saturated carbocycles. The minimum Gasteiger partial charge on any atom is -0.389 e. The maximum Gasteiger partial charge on any atom is 0.251 e. The molecule has 0 radical (unpaired) electrons. The van der Waals surface area contributed by atoms with Crippen molar-refractivity contribution in [1.82, 2.24) is 41.5 Å². The molecular weight excluding hydrogens is 602 g/mol. The minimum absolute atomic E-state index is 0.00354. The number of nitrogens with one attached hydrogen (secondary N) is 4. The van der Waals surface area contributed by atoms with Crippen LogP contribution in [0.2, 0.25) is 0 Å². The molecule has 2 amide bonds. The van der Waals surface area contributed by atoms with Crippen LogP contribution in [0.1, 0.15) is 112 Å². The summed E-state index contributed by atoms with van der Waals surface area (Å²) in [6, 6.07) is 8.26. The molecule has 2 heterocycles. The molecular formula is C37H53N9O2.